The van der Waals surface area contributed by atoms with Crippen LogP contribution in [0.1, 0.15) is 140 Å². The van der Waals surface area contributed by atoms with E-state index in [-0.39, 0.29) is 105 Å². The molecule has 2 unspecified atom stereocenters. The van der Waals surface area contributed by atoms with Crippen LogP contribution in [0.5, 0.6) is 0 Å². The third-order valence-electron chi connectivity index (χ3n) is 25.3. The Morgan fingerprint density at radius 2 is 1.25 bits per heavy atom. The number of carbonyl (C=O) groups is 9. The van der Waals surface area contributed by atoms with Crippen LogP contribution in [-0.2, 0) is 133 Å². The van der Waals surface area contributed by atoms with Crippen molar-refractivity contribution in [3.8, 4) is 11.1 Å². The molecular formula is C97H134N16O27S2. The summed E-state index contributed by atoms with van der Waals surface area (Å²) in [6, 6.07) is 17.2. The molecule has 0 radical (unpaired) electrons. The monoisotopic (exact) mass is 2020 g/mol. The molecule has 5 atom stereocenters. The summed E-state index contributed by atoms with van der Waals surface area (Å²) < 4.78 is 117. The number of pyridine rings is 1. The highest BCUT2D eigenvalue weighted by atomic mass is 32.2. The summed E-state index contributed by atoms with van der Waals surface area (Å²) in [6.07, 6.45) is 9.00. The van der Waals surface area contributed by atoms with Gasteiger partial charge in [0.05, 0.1) is 212 Å². The number of hydrogen-bond acceptors (Lipinski definition) is 33. The van der Waals surface area contributed by atoms with Gasteiger partial charge in [-0.2, -0.15) is 13.5 Å². The lowest BCUT2D eigenvalue weighted by Gasteiger charge is -2.69. The van der Waals surface area contributed by atoms with E-state index in [1.165, 1.54) is 46.5 Å². The Morgan fingerprint density at radius 1 is 0.662 bits per heavy atom. The van der Waals surface area contributed by atoms with Crippen LogP contribution in [0.3, 0.4) is 0 Å². The summed E-state index contributed by atoms with van der Waals surface area (Å²) in [4.78, 5) is 139. The number of para-hydroxylation sites is 1. The molecule has 4 aromatic heterocycles. The largest absolute Gasteiger partial charge is 0.476 e. The number of ether oxygens (including phenoxy) is 14. The van der Waals surface area contributed by atoms with E-state index >= 15 is 0 Å². The minimum atomic E-state index is -4.58. The third-order valence-corrected chi connectivity index (χ3v) is 26.9. The summed E-state index contributed by atoms with van der Waals surface area (Å²) >= 11 is 1.39. The molecule has 6 heterocycles. The number of primary amides is 1. The van der Waals surface area contributed by atoms with Gasteiger partial charge >= 0.3 is 18.1 Å². The second-order valence-corrected chi connectivity index (χ2v) is 39.6. The number of nitrogens with zero attached hydrogens (tertiary/aromatic N) is 11. The lowest BCUT2D eigenvalue weighted by molar-refractivity contribution is -0.248. The van der Waals surface area contributed by atoms with Gasteiger partial charge in [0.25, 0.3) is 33.7 Å². The van der Waals surface area contributed by atoms with E-state index in [9.17, 15) is 61.2 Å². The van der Waals surface area contributed by atoms with Gasteiger partial charge in [0.15, 0.2) is 10.8 Å². The number of thiazole rings is 1. The van der Waals surface area contributed by atoms with Gasteiger partial charge in [-0.15, -0.1) is 5.10 Å². The molecule has 43 nitrogen and oxygen atoms in total. The first kappa shape index (κ1) is 110. The smallest absolute Gasteiger partial charge is 0.410 e. The molecule has 0 spiro atoms. The SMILES string of the molecule is COCCOCCOCCOCCOCCOCCOCCOCCOCCOCCOCCOCCn1cc([C@H](CC(=O)N[C@H](C(=O)N(C(=O)Nc2ccc(COC(=O)N(CCOC34CC5(C)CC(C)(CC(Cn6ncc(-c7ccc(N8CCc9cccc(C(=O)Nc%10nc%11ccccc%11s%10)c9C8)nc7C(=O)O)c6C)(C5)C3)C4)CCS(=O)(=O)O)cc2)[C@@H](CCCN)C(N)=O)C(C)C)N2C(=O)C=CC2=O)nn1. The van der Waals surface area contributed by atoms with Crippen LogP contribution >= 0.6 is 11.3 Å². The zero-order valence-electron chi connectivity index (χ0n) is 81.5. The highest BCUT2D eigenvalue weighted by Gasteiger charge is 2.66. The highest BCUT2D eigenvalue weighted by Crippen LogP contribution is 2.72. The quantitative estimate of drug-likeness (QED) is 0.0109. The first-order valence-electron chi connectivity index (χ1n) is 48.0. The minimum absolute atomic E-state index is 0.0237. The molecule has 45 heteroatoms. The van der Waals surface area contributed by atoms with E-state index < -0.39 is 106 Å². The number of imide groups is 2. The number of rotatable bonds is 65. The molecule has 3 aromatic carbocycles. The van der Waals surface area contributed by atoms with Gasteiger partial charge in [-0.25, -0.2) is 33.9 Å². The Labute approximate surface area is 829 Å². The molecule has 13 rings (SSSR count). The summed E-state index contributed by atoms with van der Waals surface area (Å²) in [6.45, 7) is 19.7. The summed E-state index contributed by atoms with van der Waals surface area (Å²) in [5.74, 6) is -7.07. The van der Waals surface area contributed by atoms with Crippen LogP contribution in [0, 0.1) is 29.1 Å². The summed E-state index contributed by atoms with van der Waals surface area (Å²) in [7, 11) is -2.95. The van der Waals surface area contributed by atoms with Crippen molar-refractivity contribution in [1.29, 1.82) is 0 Å². The molecule has 4 aliphatic carbocycles. The van der Waals surface area contributed by atoms with Crippen molar-refractivity contribution < 1.29 is 128 Å². The van der Waals surface area contributed by atoms with E-state index in [1.54, 1.807) is 39.3 Å². The first-order valence-corrected chi connectivity index (χ1v) is 50.4. The van der Waals surface area contributed by atoms with E-state index in [2.05, 4.69) is 45.1 Å². The molecule has 0 saturated heterocycles. The Bertz CT molecular complexity index is 5440. The Kier molecular flexibility index (Phi) is 41.6. The molecule has 4 saturated carbocycles. The van der Waals surface area contributed by atoms with E-state index in [4.69, 9.17) is 87.9 Å². The number of nitrogens with one attached hydrogen (secondary N) is 3. The second kappa shape index (κ2) is 53.7. The maximum Gasteiger partial charge on any atom is 0.410 e. The van der Waals surface area contributed by atoms with Gasteiger partial charge in [-0.3, -0.25) is 48.2 Å². The van der Waals surface area contributed by atoms with Crippen LogP contribution in [0.4, 0.5) is 26.2 Å². The average molecular weight is 2020 g/mol. The fraction of sp³-hybridized carbons (Fsp3) is 0.588. The van der Waals surface area contributed by atoms with Crippen molar-refractivity contribution in [1.82, 2.24) is 54.8 Å². The van der Waals surface area contributed by atoms with Gasteiger partial charge in [-0.05, 0) is 153 Å². The Morgan fingerprint density at radius 3 is 1.80 bits per heavy atom. The predicted octanol–water partition coefficient (Wildman–Crippen LogP) is 7.61. The number of methoxy groups -OCH3 is 1. The second-order valence-electron chi connectivity index (χ2n) is 37.0. The molecule has 776 valence electrons. The van der Waals surface area contributed by atoms with Crippen LogP contribution in [-0.4, -0.2) is 336 Å². The number of aromatic nitrogens is 7. The lowest BCUT2D eigenvalue weighted by Crippen LogP contribution is -2.64. The number of fused-ring (bicyclic) bond motifs is 2. The normalized spacial score (nSPS) is 18.7. The number of benzene rings is 3. The molecule has 6 aliphatic rings. The molecule has 142 heavy (non-hydrogen) atoms. The molecule has 7 aromatic rings. The number of urea groups is 1. The maximum absolute atomic E-state index is 15.0. The van der Waals surface area contributed by atoms with E-state index in [0.717, 1.165) is 81.1 Å². The molecular weight excluding hydrogens is 1890 g/mol. The number of carbonyl (C=O) groups excluding carboxylic acids is 8. The van der Waals surface area contributed by atoms with Gasteiger partial charge < -0.3 is 103 Å². The highest BCUT2D eigenvalue weighted by molar-refractivity contribution is 7.85. The number of anilines is 3. The number of carboxylic acids is 1. The minimum Gasteiger partial charge on any atom is -0.476 e. The summed E-state index contributed by atoms with van der Waals surface area (Å²) in [5, 5.41) is 32.9. The Balaban J connectivity index is 0.571. The summed E-state index contributed by atoms with van der Waals surface area (Å²) in [5.41, 5.74) is 15.8. The average Bonchev–Trinajstić information content (AvgIpc) is 0.917. The first-order chi connectivity index (χ1) is 68.4. The predicted molar refractivity (Wildman–Crippen MR) is 519 cm³/mol. The van der Waals surface area contributed by atoms with Gasteiger partial charge in [-0.1, -0.05) is 80.6 Å². The van der Waals surface area contributed by atoms with Gasteiger partial charge in [0.1, 0.15) is 30.2 Å². The zero-order valence-corrected chi connectivity index (χ0v) is 83.2. The topological polar surface area (TPSA) is 533 Å². The van der Waals surface area contributed by atoms with Crippen LogP contribution in [0.2, 0.25) is 0 Å². The van der Waals surface area contributed by atoms with Crippen LogP contribution in [0.15, 0.2) is 103 Å². The zero-order chi connectivity index (χ0) is 101. The van der Waals surface area contributed by atoms with Gasteiger partial charge in [0.2, 0.25) is 11.8 Å². The maximum atomic E-state index is 15.0. The standard InChI is InChI=1S/C97H134N16O27S2/c1-67(2)85(104-82(114)55-79(112-83(115)22-23-84(112)116)77-58-110(107-106-77)28-30-128-34-35-130-38-39-132-42-43-134-46-47-136-50-51-138-53-52-137-49-48-135-45-44-133-41-40-131-37-36-129-33-32-127-6)89(119)113(78(87(99)117)14-10-25-98)92(122)101-71-18-16-69(17-19-71)59-139-93(123)108(29-54-142(124,125)126)27-31-140-97-63-94(4)60-95(5,64-97)62-96(61-94,65-97)66-111-68(3)74(56-100-111)72-20-21-81(103-86(72)90(120)121)109-26-24-70-11-9-12-73(75(70)57-109)88(118)105-91-102-76-13-7-8-15-80(76)141-91/h7-9,11-13,15-23,56,58,67,78-79,85H,10,14,24-55,57,59-66,98H2,1-6H3,(H2,99,117)(H,101,122)(H,104,114)(H,120,121)(H,102,105,118)(H,124,125,126)/t78-,79-,85-,94?,95?,96?,97?/m0/s1. The molecule has 4 bridgehead atoms. The van der Waals surface area contributed by atoms with Crippen molar-refractivity contribution >= 4 is 102 Å². The number of nitrogens with two attached hydrogens (primary N) is 2. The van der Waals surface area contributed by atoms with Crippen LogP contribution < -0.4 is 32.3 Å². The number of amides is 9. The van der Waals surface area contributed by atoms with E-state index in [0.29, 0.717) is 203 Å². The molecule has 9 amide bonds. The van der Waals surface area contributed by atoms with Crippen LogP contribution in [0.25, 0.3) is 21.3 Å². The third kappa shape index (κ3) is 32.1. The molecule has 4 fully saturated rings. The van der Waals surface area contributed by atoms with Crippen molar-refractivity contribution in [2.45, 2.75) is 149 Å². The number of hydrogen-bond donors (Lipinski definition) is 7. The van der Waals surface area contributed by atoms with E-state index in [1.807, 2.05) is 59.0 Å². The van der Waals surface area contributed by atoms with Crippen molar-refractivity contribution in [2.24, 2.45) is 33.6 Å². The van der Waals surface area contributed by atoms with Gasteiger partial charge in [0, 0.05) is 80.1 Å². The molecule has 9 N–H and O–H groups in total. The van der Waals surface area contributed by atoms with Crippen molar-refractivity contribution in [3.63, 3.8) is 0 Å². The number of aromatic carboxylic acids is 1. The Hall–Kier alpha value is -10.8. The fourth-order valence-electron chi connectivity index (χ4n) is 19.8. The number of carboxylic acid groups (broad SMARTS) is 1. The lowest BCUT2D eigenvalue weighted by atomic mass is 9.39. The van der Waals surface area contributed by atoms with Crippen molar-refractivity contribution in [2.75, 3.05) is 213 Å². The molecule has 2 aliphatic heterocycles. The fourth-order valence-corrected chi connectivity index (χ4v) is 21.1. The van der Waals surface area contributed by atoms with Crippen molar-refractivity contribution in [3.05, 3.63) is 143 Å².